The number of phenolic OH excluding ortho intramolecular Hbond substituents is 2. The average molecular weight is 1490 g/mol. The molecule has 0 fully saturated rings. The number of carbonyl (C=O) groups is 2. The van der Waals surface area contributed by atoms with Crippen LogP contribution in [0.15, 0.2) is 54.6 Å². The maximum absolute atomic E-state index is 14.4. The van der Waals surface area contributed by atoms with Crippen molar-refractivity contribution in [1.29, 1.82) is 0 Å². The summed E-state index contributed by atoms with van der Waals surface area (Å²) in [7, 11) is 16.1. The third-order valence-electron chi connectivity index (χ3n) is 23.1. The lowest BCUT2D eigenvalue weighted by molar-refractivity contribution is -0.870. The summed E-state index contributed by atoms with van der Waals surface area (Å²) in [5.74, 6) is -2.79. The second kappa shape index (κ2) is 28.6. The first-order valence-corrected chi connectivity index (χ1v) is 36.6. The molecule has 10 N–H and O–H groups in total. The fourth-order valence-corrected chi connectivity index (χ4v) is 18.4. The molecule has 0 aromatic heterocycles. The second-order valence-electron chi connectivity index (χ2n) is 33.1. The molecule has 0 spiro atoms. The number of anilines is 4. The number of nitrogens with zero attached hydrogens (tertiary/aromatic N) is 2. The van der Waals surface area contributed by atoms with Gasteiger partial charge in [-0.05, 0) is 173 Å². The minimum Gasteiger partial charge on any atom is -1.00 e. The van der Waals surface area contributed by atoms with Gasteiger partial charge in [-0.3, -0.25) is 28.8 Å². The fourth-order valence-electron chi connectivity index (χ4n) is 18.4. The predicted molar refractivity (Wildman–Crippen MR) is 419 cm³/mol. The van der Waals surface area contributed by atoms with E-state index in [1.54, 1.807) is 0 Å². The molecule has 0 amide bonds. The molecular weight excluding hydrogens is 1390 g/mol. The van der Waals surface area contributed by atoms with E-state index in [1.807, 2.05) is 26.0 Å². The average Bonchev–Trinajstić information content (AvgIpc) is 1.15. The molecule has 2 aliphatic heterocycles. The van der Waals surface area contributed by atoms with Gasteiger partial charge in [0.25, 0.3) is 0 Å². The molecule has 22 heteroatoms. The van der Waals surface area contributed by atoms with Crippen molar-refractivity contribution in [2.45, 2.75) is 181 Å². The van der Waals surface area contributed by atoms with Gasteiger partial charge in [-0.25, -0.2) is 0 Å². The fraction of sp³-hybridized carbons (Fsp3) is 0.452. The number of methoxy groups -OCH3 is 2. The Hall–Kier alpha value is -8.44. The number of Topliss-reactive ketones (excluding diaryl/α,β-unsaturated/α-hetero) is 2. The van der Waals surface area contributed by atoms with E-state index in [0.717, 1.165) is 103 Å². The minimum absolute atomic E-state index is 0. The number of nitrogens with one attached hydrogen (secondary N) is 4. The maximum Gasteiger partial charge on any atom is 0.190 e. The summed E-state index contributed by atoms with van der Waals surface area (Å²) >= 11 is 0. The molecule has 10 aromatic carbocycles. The minimum atomic E-state index is -0.845. The number of hydrogen-bond acceptors (Lipinski definition) is 18. The molecule has 0 saturated heterocycles. The van der Waals surface area contributed by atoms with Crippen molar-refractivity contribution >= 4 is 133 Å². The lowest BCUT2D eigenvalue weighted by Crippen LogP contribution is -3.00. The third-order valence-corrected chi connectivity index (χ3v) is 23.1. The van der Waals surface area contributed by atoms with E-state index in [1.165, 1.54) is 52.3 Å². The van der Waals surface area contributed by atoms with Crippen molar-refractivity contribution in [2.75, 3.05) is 90.9 Å². The number of ether oxygens (including phenoxy) is 2. The van der Waals surface area contributed by atoms with E-state index in [2.05, 4.69) is 91.2 Å². The zero-order chi connectivity index (χ0) is 75.2. The number of aromatic hydroxyl groups is 2. The molecule has 4 unspecified atom stereocenters. The van der Waals surface area contributed by atoms with Gasteiger partial charge in [-0.1, -0.05) is 49.0 Å². The molecule has 10 aromatic rings. The largest absolute Gasteiger partial charge is 1.00 e. The van der Waals surface area contributed by atoms with Gasteiger partial charge in [0.15, 0.2) is 44.7 Å². The van der Waals surface area contributed by atoms with Crippen LogP contribution in [0.5, 0.6) is 23.0 Å². The molecule has 106 heavy (non-hydrogen) atoms. The van der Waals surface area contributed by atoms with E-state index in [9.17, 15) is 59.4 Å². The number of hydrogen-bond donors (Lipinski definition) is 10. The van der Waals surface area contributed by atoms with Crippen LogP contribution >= 0.6 is 0 Å². The van der Waals surface area contributed by atoms with Gasteiger partial charge in [-0.15, -0.1) is 0 Å². The van der Waals surface area contributed by atoms with Gasteiger partial charge in [0.1, 0.15) is 11.6 Å². The number of benzene rings is 10. The number of fused-ring (bicyclic) bond motifs is 8. The number of quaternary nitrogens is 2. The Morgan fingerprint density at radius 2 is 0.736 bits per heavy atom. The number of halogens is 2. The lowest BCUT2D eigenvalue weighted by Gasteiger charge is -2.44. The van der Waals surface area contributed by atoms with Crippen LogP contribution in [0, 0.1) is 0 Å². The number of allylic oxidation sites excluding steroid dienone is 2. The van der Waals surface area contributed by atoms with Crippen molar-refractivity contribution < 1.29 is 83.5 Å². The van der Waals surface area contributed by atoms with E-state index < -0.39 is 60.2 Å². The zero-order valence-electron chi connectivity index (χ0n) is 63.7. The molecule has 2 heterocycles. The second-order valence-corrected chi connectivity index (χ2v) is 33.1. The molecule has 0 saturated carbocycles. The topological polar surface area (TPSA) is 290 Å². The highest BCUT2D eigenvalue weighted by Gasteiger charge is 2.44. The molecule has 4 atom stereocenters. The number of aliphatic hydroxyl groups excluding tert-OH is 4. The summed E-state index contributed by atoms with van der Waals surface area (Å²) < 4.78 is 13.6. The number of phenols is 2. The highest BCUT2D eigenvalue weighted by Crippen LogP contribution is 2.61. The van der Waals surface area contributed by atoms with E-state index in [-0.39, 0.29) is 93.1 Å². The molecule has 2 aliphatic carbocycles. The number of unbranched alkanes of at least 4 members (excludes halogenated alkanes) is 6. The first kappa shape index (κ1) is 78.6. The van der Waals surface area contributed by atoms with Crippen LogP contribution in [0.1, 0.15) is 176 Å². The molecular formula is C84H100Cl2N6O14. The zero-order valence-corrected chi connectivity index (χ0v) is 65.2. The number of carbonyl (C=O) groups excluding carboxylic acids is 2. The third kappa shape index (κ3) is 12.5. The summed E-state index contributed by atoms with van der Waals surface area (Å²) in [6, 6.07) is 5.44. The smallest absolute Gasteiger partial charge is 0.190 e. The summed E-state index contributed by atoms with van der Waals surface area (Å²) in [6.07, 6.45) is 14.6. The highest BCUT2D eigenvalue weighted by molar-refractivity contribution is 6.42. The van der Waals surface area contributed by atoms with E-state index >= 15 is 0 Å². The predicted octanol–water partition coefficient (Wildman–Crippen LogP) is 6.66. The Kier molecular flexibility index (Phi) is 21.2. The Labute approximate surface area is 628 Å². The van der Waals surface area contributed by atoms with Crippen molar-refractivity contribution in [3.63, 3.8) is 0 Å². The molecule has 20 nitrogen and oxygen atoms in total. The Bertz CT molecular complexity index is 5590. The van der Waals surface area contributed by atoms with Gasteiger partial charge in [0, 0.05) is 66.7 Å². The van der Waals surface area contributed by atoms with E-state index in [4.69, 9.17) is 9.47 Å². The van der Waals surface area contributed by atoms with Crippen LogP contribution < -0.4 is 77.3 Å². The van der Waals surface area contributed by atoms with E-state index in [0.29, 0.717) is 137 Å². The van der Waals surface area contributed by atoms with Crippen molar-refractivity contribution in [3.8, 4) is 23.0 Å². The van der Waals surface area contributed by atoms with Gasteiger partial charge >= 0.3 is 0 Å². The number of ketones is 2. The van der Waals surface area contributed by atoms with Crippen LogP contribution in [-0.2, 0) is 36.0 Å². The molecule has 0 bridgehead atoms. The van der Waals surface area contributed by atoms with Crippen molar-refractivity contribution in [1.82, 2.24) is 0 Å². The van der Waals surface area contributed by atoms with Crippen LogP contribution in [0.2, 0.25) is 0 Å². The quantitative estimate of drug-likeness (QED) is 0.0147. The standard InChI is InChI=1S/2C42H49N3O7.2ClH/c1-20-15-24-31-34-29(30-23(19-47)17-26(50)33-35(30)36(31)37(28(20)21(2)48)41(52-8)40(33)51)22(18-46)16-25(49)32(34)39-38(24)44-42(3,4)27(43-39)13-11-9-10-12-14-45(5,6)7;1-20-15-24-31-34-29(30-23(19-47)17-26(50)33-35(30)36(31)37(28(20)21(2)48)41(52-8)40(33)51)22(18-46)16-25(49)32(34)39-38(24)43-27(42(3,4)44-39)13-11-9-10-12-14-45(5,6)7;;/h2*15-17,27-28,46-47H,9-14,18-19H2,1-8H3,(H2-,43,44,49,50,51);2*1H. The number of aliphatic hydroxyl groups is 4. The summed E-state index contributed by atoms with van der Waals surface area (Å²) in [5, 5.41) is 88.9. The Balaban J connectivity index is 0.000000208. The van der Waals surface area contributed by atoms with Gasteiger partial charge in [0.2, 0.25) is 0 Å². The van der Waals surface area contributed by atoms with Gasteiger partial charge in [0.05, 0.1) is 163 Å². The molecule has 14 rings (SSSR count). The van der Waals surface area contributed by atoms with Crippen LogP contribution in [-0.4, -0.2) is 144 Å². The first-order chi connectivity index (χ1) is 49.1. The van der Waals surface area contributed by atoms with Crippen LogP contribution in [0.3, 0.4) is 0 Å². The normalized spacial score (nSPS) is 17.8. The summed E-state index contributed by atoms with van der Waals surface area (Å²) in [5.41, 5.74) is 5.24. The number of rotatable bonds is 22. The maximum atomic E-state index is 14.4. The lowest BCUT2D eigenvalue weighted by atomic mass is 9.78. The van der Waals surface area contributed by atoms with Gasteiger partial charge < -0.3 is 95.2 Å². The Morgan fingerprint density at radius 1 is 0.425 bits per heavy atom. The molecule has 4 aliphatic rings. The highest BCUT2D eigenvalue weighted by atomic mass is 35.5. The summed E-state index contributed by atoms with van der Waals surface area (Å²) in [6.45, 7) is 15.6. The molecule has 0 radical (unpaired) electrons. The van der Waals surface area contributed by atoms with Gasteiger partial charge in [-0.2, -0.15) is 0 Å². The monoisotopic (exact) mass is 1490 g/mol. The Morgan fingerprint density at radius 3 is 1.08 bits per heavy atom. The van der Waals surface area contributed by atoms with Crippen molar-refractivity contribution in [2.24, 2.45) is 0 Å². The van der Waals surface area contributed by atoms with Crippen LogP contribution in [0.4, 0.5) is 22.7 Å². The molecule has 564 valence electrons. The first-order valence-electron chi connectivity index (χ1n) is 36.6. The van der Waals surface area contributed by atoms with Crippen molar-refractivity contribution in [3.05, 3.63) is 121 Å². The van der Waals surface area contributed by atoms with Crippen LogP contribution in [0.25, 0.3) is 98.3 Å². The SMILES string of the molecule is COc1c(O)c2c(=O)cc(CO)c3c4c(CO)cc(=O)c5c6c(c7c(c(c1C(C(C)=O)C(C)=C7)c23)c54)NC(C)(C)C(CCCCCC[N+](C)(C)C)N6.COc1c(O)c2c(=O)cc(CO)c3c4c(CO)cc(=O)c5c6c(c7c(c(c1C(C(C)=O)C(C)=C7)c23)c54)NC(CCCCCC[N+](C)(C)C)C(C)(C)N6.[Cl-].[Cl-]. The summed E-state index contributed by atoms with van der Waals surface area (Å²) in [4.78, 5) is 83.9.